The molecule has 0 radical (unpaired) electrons. The lowest BCUT2D eigenvalue weighted by Crippen LogP contribution is -2.50. The number of hydrogen-bond acceptors (Lipinski definition) is 8. The third-order valence-electron chi connectivity index (χ3n) is 7.23. The summed E-state index contributed by atoms with van der Waals surface area (Å²) in [6, 6.07) is 12.9. The Morgan fingerprint density at radius 1 is 1.08 bits per heavy atom. The van der Waals surface area contributed by atoms with Crippen molar-refractivity contribution >= 4 is 28.3 Å². The van der Waals surface area contributed by atoms with Crippen molar-refractivity contribution in [2.75, 3.05) is 18.4 Å². The Balaban J connectivity index is 1.16. The van der Waals surface area contributed by atoms with Crippen molar-refractivity contribution < 1.29 is 9.90 Å². The second kappa shape index (κ2) is 9.39. The summed E-state index contributed by atoms with van der Waals surface area (Å²) in [6.07, 6.45) is 7.32. The van der Waals surface area contributed by atoms with E-state index in [9.17, 15) is 14.7 Å². The lowest BCUT2D eigenvalue weighted by atomic mass is 9.91. The summed E-state index contributed by atoms with van der Waals surface area (Å²) in [6.45, 7) is 1.12. The quantitative estimate of drug-likeness (QED) is 0.403. The van der Waals surface area contributed by atoms with E-state index in [1.54, 1.807) is 23.0 Å². The maximum absolute atomic E-state index is 13.2. The number of fused-ring (bicyclic) bond motifs is 1. The standard InChI is InChI=1S/C27H26N8O3/c28-13-20-3-4-21(14-29-20)32-19-5-7-22(8-6-19)35-24-23(15-31-35)26(37)34(17-30-24)16-27(38)9-11-33(12-10-27)25(36)18-1-2-18/h3-8,14-15,17-18,32,38H,1-2,9-12,16H2. The first-order chi connectivity index (χ1) is 18.4. The highest BCUT2D eigenvalue weighted by Crippen LogP contribution is 2.33. The normalized spacial score (nSPS) is 16.8. The summed E-state index contributed by atoms with van der Waals surface area (Å²) < 4.78 is 3.04. The van der Waals surface area contributed by atoms with Crippen LogP contribution in [0.15, 0.2) is 59.9 Å². The maximum Gasteiger partial charge on any atom is 0.264 e. The van der Waals surface area contributed by atoms with Crippen LogP contribution >= 0.6 is 0 Å². The molecule has 1 aliphatic carbocycles. The largest absolute Gasteiger partial charge is 0.388 e. The van der Waals surface area contributed by atoms with E-state index in [-0.39, 0.29) is 23.9 Å². The Bertz CT molecular complexity index is 1590. The molecule has 2 fully saturated rings. The summed E-state index contributed by atoms with van der Waals surface area (Å²) in [5, 5.41) is 28.0. The topological polar surface area (TPSA) is 142 Å². The number of aromatic nitrogens is 5. The second-order valence-electron chi connectivity index (χ2n) is 10.0. The minimum absolute atomic E-state index is 0.121. The molecule has 1 aromatic carbocycles. The van der Waals surface area contributed by atoms with Gasteiger partial charge in [-0.15, -0.1) is 0 Å². The van der Waals surface area contributed by atoms with Crippen molar-refractivity contribution in [3.8, 4) is 11.8 Å². The number of likely N-dealkylation sites (tertiary alicyclic amines) is 1. The molecular weight excluding hydrogens is 484 g/mol. The fraction of sp³-hybridized carbons (Fsp3) is 0.333. The van der Waals surface area contributed by atoms with Gasteiger partial charge in [0.25, 0.3) is 5.56 Å². The first-order valence-corrected chi connectivity index (χ1v) is 12.6. The van der Waals surface area contributed by atoms with Crippen LogP contribution in [0.5, 0.6) is 0 Å². The summed E-state index contributed by atoms with van der Waals surface area (Å²) in [7, 11) is 0. The molecule has 0 bridgehead atoms. The van der Waals surface area contributed by atoms with Gasteiger partial charge in [0, 0.05) is 24.7 Å². The van der Waals surface area contributed by atoms with Crippen LogP contribution in [-0.4, -0.2) is 58.9 Å². The number of carbonyl (C=O) groups excluding carboxylic acids is 1. The third kappa shape index (κ3) is 4.62. The molecule has 2 N–H and O–H groups in total. The third-order valence-corrected chi connectivity index (χ3v) is 7.23. The van der Waals surface area contributed by atoms with Gasteiger partial charge in [-0.3, -0.25) is 14.2 Å². The number of amides is 1. The molecule has 1 aliphatic heterocycles. The van der Waals surface area contributed by atoms with E-state index < -0.39 is 5.60 Å². The molecule has 11 heteroatoms. The smallest absolute Gasteiger partial charge is 0.264 e. The molecule has 1 amide bonds. The molecule has 0 spiro atoms. The first kappa shape index (κ1) is 23.8. The Hall–Kier alpha value is -4.56. The number of anilines is 2. The number of aliphatic hydroxyl groups is 1. The van der Waals surface area contributed by atoms with Crippen LogP contribution in [-0.2, 0) is 11.3 Å². The average molecular weight is 511 g/mol. The molecule has 1 saturated heterocycles. The predicted molar refractivity (Wildman–Crippen MR) is 139 cm³/mol. The zero-order valence-corrected chi connectivity index (χ0v) is 20.6. The van der Waals surface area contributed by atoms with Gasteiger partial charge in [-0.1, -0.05) is 0 Å². The van der Waals surface area contributed by atoms with Crippen molar-refractivity contribution in [3.63, 3.8) is 0 Å². The highest BCUT2D eigenvalue weighted by Gasteiger charge is 2.39. The number of nitriles is 1. The number of piperidine rings is 1. The van der Waals surface area contributed by atoms with E-state index in [4.69, 9.17) is 5.26 Å². The molecule has 0 unspecified atom stereocenters. The number of hydrogen-bond donors (Lipinski definition) is 2. The number of carbonyl (C=O) groups is 1. The van der Waals surface area contributed by atoms with E-state index >= 15 is 0 Å². The minimum Gasteiger partial charge on any atom is -0.388 e. The van der Waals surface area contributed by atoms with Crippen LogP contribution in [0.1, 0.15) is 31.4 Å². The van der Waals surface area contributed by atoms with Gasteiger partial charge in [0.15, 0.2) is 5.65 Å². The van der Waals surface area contributed by atoms with E-state index in [2.05, 4.69) is 20.4 Å². The van der Waals surface area contributed by atoms with Gasteiger partial charge in [0.1, 0.15) is 23.5 Å². The molecule has 4 heterocycles. The lowest BCUT2D eigenvalue weighted by molar-refractivity contribution is -0.137. The molecule has 192 valence electrons. The highest BCUT2D eigenvalue weighted by atomic mass is 16.3. The number of pyridine rings is 1. The van der Waals surface area contributed by atoms with Crippen molar-refractivity contribution in [1.82, 2.24) is 29.2 Å². The van der Waals surface area contributed by atoms with Crippen LogP contribution in [0, 0.1) is 17.2 Å². The Morgan fingerprint density at radius 2 is 1.82 bits per heavy atom. The van der Waals surface area contributed by atoms with Gasteiger partial charge < -0.3 is 15.3 Å². The highest BCUT2D eigenvalue weighted by molar-refractivity contribution is 5.81. The second-order valence-corrected chi connectivity index (χ2v) is 10.0. The molecular formula is C27H26N8O3. The Morgan fingerprint density at radius 3 is 2.47 bits per heavy atom. The van der Waals surface area contributed by atoms with Gasteiger partial charge >= 0.3 is 0 Å². The maximum atomic E-state index is 13.2. The summed E-state index contributed by atoms with van der Waals surface area (Å²) in [5.74, 6) is 0.356. The van der Waals surface area contributed by atoms with Crippen LogP contribution in [0.2, 0.25) is 0 Å². The summed E-state index contributed by atoms with van der Waals surface area (Å²) in [4.78, 5) is 35.9. The molecule has 4 aromatic rings. The van der Waals surface area contributed by atoms with Crippen molar-refractivity contribution in [1.29, 1.82) is 5.26 Å². The fourth-order valence-corrected chi connectivity index (χ4v) is 4.84. The molecule has 2 aliphatic rings. The van der Waals surface area contributed by atoms with Crippen molar-refractivity contribution in [2.45, 2.75) is 37.8 Å². The first-order valence-electron chi connectivity index (χ1n) is 12.6. The van der Waals surface area contributed by atoms with Crippen LogP contribution < -0.4 is 10.9 Å². The SMILES string of the molecule is N#Cc1ccc(Nc2ccc(-n3ncc4c(=O)n(CC5(O)CCN(C(=O)C6CC6)CC5)cnc43)cc2)cn1. The molecule has 11 nitrogen and oxygen atoms in total. The Kier molecular flexibility index (Phi) is 5.88. The van der Waals surface area contributed by atoms with Gasteiger partial charge in [-0.2, -0.15) is 10.4 Å². The lowest BCUT2D eigenvalue weighted by Gasteiger charge is -2.38. The van der Waals surface area contributed by atoms with Gasteiger partial charge in [-0.05, 0) is 62.1 Å². The van der Waals surface area contributed by atoms with Gasteiger partial charge in [0.2, 0.25) is 5.91 Å². The van der Waals surface area contributed by atoms with E-state index in [0.717, 1.165) is 29.9 Å². The van der Waals surface area contributed by atoms with E-state index in [1.165, 1.54) is 17.1 Å². The zero-order valence-electron chi connectivity index (χ0n) is 20.6. The van der Waals surface area contributed by atoms with Crippen LogP contribution in [0.3, 0.4) is 0 Å². The molecule has 1 saturated carbocycles. The molecule has 38 heavy (non-hydrogen) atoms. The zero-order chi connectivity index (χ0) is 26.3. The van der Waals surface area contributed by atoms with E-state index in [1.807, 2.05) is 35.2 Å². The number of nitrogens with one attached hydrogen (secondary N) is 1. The van der Waals surface area contributed by atoms with Crippen LogP contribution in [0.4, 0.5) is 11.4 Å². The van der Waals surface area contributed by atoms with Crippen molar-refractivity contribution in [2.24, 2.45) is 5.92 Å². The predicted octanol–water partition coefficient (Wildman–Crippen LogP) is 2.36. The monoisotopic (exact) mass is 510 g/mol. The summed E-state index contributed by atoms with van der Waals surface area (Å²) in [5.41, 5.74) is 1.76. The average Bonchev–Trinajstić information content (AvgIpc) is 3.70. The summed E-state index contributed by atoms with van der Waals surface area (Å²) >= 11 is 0. The van der Waals surface area contributed by atoms with Crippen molar-refractivity contribution in [3.05, 3.63) is 71.2 Å². The van der Waals surface area contributed by atoms with Gasteiger partial charge in [0.05, 0.1) is 35.9 Å². The molecule has 0 atom stereocenters. The minimum atomic E-state index is -1.07. The number of rotatable bonds is 6. The molecule has 3 aromatic heterocycles. The molecule has 6 rings (SSSR count). The van der Waals surface area contributed by atoms with Gasteiger partial charge in [-0.25, -0.2) is 14.6 Å². The van der Waals surface area contributed by atoms with E-state index in [0.29, 0.717) is 42.7 Å². The number of benzene rings is 1. The Labute approximate surface area is 218 Å². The fourth-order valence-electron chi connectivity index (χ4n) is 4.84. The van der Waals surface area contributed by atoms with Crippen LogP contribution in [0.25, 0.3) is 16.7 Å². The number of nitrogens with zero attached hydrogens (tertiary/aromatic N) is 7.